The predicted octanol–water partition coefficient (Wildman–Crippen LogP) is 1.01. The van der Waals surface area contributed by atoms with Gasteiger partial charge in [-0.05, 0) is 18.9 Å². The van der Waals surface area contributed by atoms with E-state index in [0.717, 1.165) is 25.7 Å². The lowest BCUT2D eigenvalue weighted by molar-refractivity contribution is -0.116. The van der Waals surface area contributed by atoms with Crippen LogP contribution in [-0.4, -0.2) is 34.6 Å². The van der Waals surface area contributed by atoms with Crippen molar-refractivity contribution < 1.29 is 14.7 Å². The lowest BCUT2D eigenvalue weighted by atomic mass is 10.1. The zero-order chi connectivity index (χ0) is 13.8. The smallest absolute Gasteiger partial charge is 0.339 e. The van der Waals surface area contributed by atoms with Crippen LogP contribution >= 0.6 is 0 Å². The molecule has 1 fully saturated rings. The monoisotopic (exact) mass is 263 g/mol. The fourth-order valence-corrected chi connectivity index (χ4v) is 2.60. The van der Waals surface area contributed by atoms with Gasteiger partial charge in [0.2, 0.25) is 5.91 Å². The Labute approximate surface area is 111 Å². The minimum Gasteiger partial charge on any atom is -0.478 e. The molecular formula is C13H17N3O3. The molecule has 1 aromatic heterocycles. The van der Waals surface area contributed by atoms with Crippen LogP contribution in [-0.2, 0) is 4.79 Å². The first-order chi connectivity index (χ1) is 9.09. The van der Waals surface area contributed by atoms with Gasteiger partial charge in [-0.3, -0.25) is 9.78 Å². The first-order valence-electron chi connectivity index (χ1n) is 6.32. The van der Waals surface area contributed by atoms with Gasteiger partial charge in [-0.2, -0.15) is 0 Å². The van der Waals surface area contributed by atoms with Crippen molar-refractivity contribution in [2.24, 2.45) is 5.73 Å². The summed E-state index contributed by atoms with van der Waals surface area (Å²) in [5.41, 5.74) is 5.91. The summed E-state index contributed by atoms with van der Waals surface area (Å²) in [6.45, 7) is 0.0367. The number of carbonyl (C=O) groups is 2. The third-order valence-corrected chi connectivity index (χ3v) is 3.43. The van der Waals surface area contributed by atoms with E-state index < -0.39 is 11.9 Å². The Hall–Kier alpha value is -2.11. The molecule has 1 aliphatic rings. The minimum absolute atomic E-state index is 0.0367. The standard InChI is InChI=1S/C13H17N3O3/c14-12(17)8-16(9-3-1-2-4-9)11-5-6-15-7-10(11)13(18)19/h5-7,9H,1-4,8H2,(H2,14,17)(H,18,19). The Balaban J connectivity index is 2.36. The van der Waals surface area contributed by atoms with Crippen LogP contribution in [0.25, 0.3) is 0 Å². The summed E-state index contributed by atoms with van der Waals surface area (Å²) >= 11 is 0. The van der Waals surface area contributed by atoms with E-state index in [0.29, 0.717) is 5.69 Å². The summed E-state index contributed by atoms with van der Waals surface area (Å²) in [5.74, 6) is -1.50. The number of amides is 1. The molecule has 1 amide bonds. The molecule has 0 spiro atoms. The fraction of sp³-hybridized carbons (Fsp3) is 0.462. The van der Waals surface area contributed by atoms with Crippen molar-refractivity contribution in [1.29, 1.82) is 0 Å². The molecule has 1 aromatic rings. The van der Waals surface area contributed by atoms with Crippen molar-refractivity contribution in [3.05, 3.63) is 24.0 Å². The Morgan fingerprint density at radius 2 is 2.11 bits per heavy atom. The van der Waals surface area contributed by atoms with Gasteiger partial charge in [-0.25, -0.2) is 4.79 Å². The predicted molar refractivity (Wildman–Crippen MR) is 70.0 cm³/mol. The summed E-state index contributed by atoms with van der Waals surface area (Å²) in [6.07, 6.45) is 6.93. The average molecular weight is 263 g/mol. The number of anilines is 1. The number of aromatic nitrogens is 1. The second-order valence-corrected chi connectivity index (χ2v) is 4.73. The van der Waals surface area contributed by atoms with Gasteiger partial charge in [0.05, 0.1) is 12.2 Å². The van der Waals surface area contributed by atoms with E-state index in [4.69, 9.17) is 5.73 Å². The molecular weight excluding hydrogens is 246 g/mol. The second-order valence-electron chi connectivity index (χ2n) is 4.73. The number of nitrogens with two attached hydrogens (primary N) is 1. The van der Waals surface area contributed by atoms with E-state index in [1.807, 2.05) is 0 Å². The van der Waals surface area contributed by atoms with Gasteiger partial charge in [-0.15, -0.1) is 0 Å². The number of primary amides is 1. The number of aromatic carboxylic acids is 1. The molecule has 102 valence electrons. The third-order valence-electron chi connectivity index (χ3n) is 3.43. The maximum absolute atomic E-state index is 11.2. The fourth-order valence-electron chi connectivity index (χ4n) is 2.60. The quantitative estimate of drug-likeness (QED) is 0.826. The number of carbonyl (C=O) groups excluding carboxylic acids is 1. The highest BCUT2D eigenvalue weighted by Crippen LogP contribution is 2.29. The molecule has 19 heavy (non-hydrogen) atoms. The zero-order valence-corrected chi connectivity index (χ0v) is 10.6. The van der Waals surface area contributed by atoms with Crippen LogP contribution in [0.15, 0.2) is 18.5 Å². The number of pyridine rings is 1. The first-order valence-corrected chi connectivity index (χ1v) is 6.32. The molecule has 6 nitrogen and oxygen atoms in total. The Bertz CT molecular complexity index is 484. The topological polar surface area (TPSA) is 96.5 Å². The first kappa shape index (κ1) is 13.3. The summed E-state index contributed by atoms with van der Waals surface area (Å²) in [5, 5.41) is 9.21. The summed E-state index contributed by atoms with van der Waals surface area (Å²) in [7, 11) is 0. The summed E-state index contributed by atoms with van der Waals surface area (Å²) < 4.78 is 0. The molecule has 0 unspecified atom stereocenters. The maximum atomic E-state index is 11.2. The van der Waals surface area contributed by atoms with Gasteiger partial charge < -0.3 is 15.7 Å². The van der Waals surface area contributed by atoms with Gasteiger partial charge in [0, 0.05) is 18.4 Å². The molecule has 0 aliphatic heterocycles. The Morgan fingerprint density at radius 1 is 1.42 bits per heavy atom. The number of rotatable bonds is 5. The van der Waals surface area contributed by atoms with Crippen molar-refractivity contribution in [2.75, 3.05) is 11.4 Å². The SMILES string of the molecule is NC(=O)CN(c1ccncc1C(=O)O)C1CCCC1. The summed E-state index contributed by atoms with van der Waals surface area (Å²) in [4.78, 5) is 28.1. The number of hydrogen-bond acceptors (Lipinski definition) is 4. The van der Waals surface area contributed by atoms with E-state index in [9.17, 15) is 14.7 Å². The number of hydrogen-bond donors (Lipinski definition) is 2. The highest BCUT2D eigenvalue weighted by atomic mass is 16.4. The van der Waals surface area contributed by atoms with E-state index in [2.05, 4.69) is 4.98 Å². The van der Waals surface area contributed by atoms with Crippen LogP contribution < -0.4 is 10.6 Å². The lowest BCUT2D eigenvalue weighted by Crippen LogP contribution is -2.41. The highest BCUT2D eigenvalue weighted by molar-refractivity contribution is 5.95. The Kier molecular flexibility index (Phi) is 3.99. The summed E-state index contributed by atoms with van der Waals surface area (Å²) in [6, 6.07) is 1.80. The largest absolute Gasteiger partial charge is 0.478 e. The van der Waals surface area contributed by atoms with Gasteiger partial charge in [-0.1, -0.05) is 12.8 Å². The van der Waals surface area contributed by atoms with E-state index in [1.165, 1.54) is 12.4 Å². The molecule has 0 bridgehead atoms. The van der Waals surface area contributed by atoms with E-state index in [1.54, 1.807) is 11.0 Å². The van der Waals surface area contributed by atoms with Crippen molar-refractivity contribution in [1.82, 2.24) is 4.98 Å². The van der Waals surface area contributed by atoms with Gasteiger partial charge in [0.25, 0.3) is 0 Å². The van der Waals surface area contributed by atoms with Crippen LogP contribution in [0.1, 0.15) is 36.0 Å². The number of carboxylic acids is 1. The number of carboxylic acid groups (broad SMARTS) is 1. The Morgan fingerprint density at radius 3 is 2.68 bits per heavy atom. The van der Waals surface area contributed by atoms with Crippen molar-refractivity contribution in [2.45, 2.75) is 31.7 Å². The van der Waals surface area contributed by atoms with E-state index >= 15 is 0 Å². The molecule has 1 aliphatic carbocycles. The second kappa shape index (κ2) is 5.69. The van der Waals surface area contributed by atoms with Crippen LogP contribution in [0.3, 0.4) is 0 Å². The van der Waals surface area contributed by atoms with Crippen LogP contribution in [0.5, 0.6) is 0 Å². The van der Waals surface area contributed by atoms with E-state index in [-0.39, 0.29) is 18.2 Å². The van der Waals surface area contributed by atoms with Gasteiger partial charge in [0.15, 0.2) is 0 Å². The third kappa shape index (κ3) is 3.01. The van der Waals surface area contributed by atoms with Gasteiger partial charge >= 0.3 is 5.97 Å². The molecule has 3 N–H and O–H groups in total. The highest BCUT2D eigenvalue weighted by Gasteiger charge is 2.27. The van der Waals surface area contributed by atoms with Crippen LogP contribution in [0.2, 0.25) is 0 Å². The molecule has 0 aromatic carbocycles. The molecule has 1 saturated carbocycles. The molecule has 6 heteroatoms. The van der Waals surface area contributed by atoms with Gasteiger partial charge in [0.1, 0.15) is 5.56 Å². The average Bonchev–Trinajstić information content (AvgIpc) is 2.89. The lowest BCUT2D eigenvalue weighted by Gasteiger charge is -2.30. The van der Waals surface area contributed by atoms with Crippen molar-refractivity contribution >= 4 is 17.6 Å². The molecule has 0 saturated heterocycles. The van der Waals surface area contributed by atoms with Crippen molar-refractivity contribution in [3.8, 4) is 0 Å². The minimum atomic E-state index is -1.05. The van der Waals surface area contributed by atoms with Crippen molar-refractivity contribution in [3.63, 3.8) is 0 Å². The normalized spacial score (nSPS) is 15.4. The molecule has 2 rings (SSSR count). The van der Waals surface area contributed by atoms with Crippen LogP contribution in [0, 0.1) is 0 Å². The zero-order valence-electron chi connectivity index (χ0n) is 10.6. The van der Waals surface area contributed by atoms with Crippen LogP contribution in [0.4, 0.5) is 5.69 Å². The molecule has 1 heterocycles. The molecule has 0 radical (unpaired) electrons. The number of nitrogens with zero attached hydrogens (tertiary/aromatic N) is 2. The molecule has 0 atom stereocenters. The maximum Gasteiger partial charge on any atom is 0.339 e.